The van der Waals surface area contributed by atoms with E-state index in [4.69, 9.17) is 25.5 Å². The molecule has 5 aromatic carbocycles. The van der Waals surface area contributed by atoms with E-state index in [0.29, 0.717) is 0 Å². The summed E-state index contributed by atoms with van der Waals surface area (Å²) < 4.78 is 4.34. The van der Waals surface area contributed by atoms with Gasteiger partial charge in [0.15, 0.2) is 12.4 Å². The Morgan fingerprint density at radius 3 is 2.00 bits per heavy atom. The molecule has 0 aliphatic carbocycles. The highest BCUT2D eigenvalue weighted by atomic mass is 16.6. The van der Waals surface area contributed by atoms with Crippen LogP contribution in [0.3, 0.4) is 0 Å². The first kappa shape index (κ1) is 21.5. The summed E-state index contributed by atoms with van der Waals surface area (Å²) in [6.07, 6.45) is -8.72. The van der Waals surface area contributed by atoms with Gasteiger partial charge in [-0.2, -0.15) is 0 Å². The number of carboxylic acid groups (broad SMARTS) is 1. The first-order valence-corrected chi connectivity index (χ1v) is 10.5. The summed E-state index contributed by atoms with van der Waals surface area (Å²) in [5.41, 5.74) is 0. The highest BCUT2D eigenvalue weighted by molar-refractivity contribution is 6.28. The van der Waals surface area contributed by atoms with Gasteiger partial charge in [-0.3, -0.25) is 0 Å². The summed E-state index contributed by atoms with van der Waals surface area (Å²) in [4.78, 5) is 10.4. The van der Waals surface area contributed by atoms with E-state index in [1.807, 2.05) is 0 Å². The molecule has 0 spiro atoms. The Labute approximate surface area is 188 Å². The van der Waals surface area contributed by atoms with Crippen molar-refractivity contribution in [1.29, 1.82) is 0 Å². The minimum absolute atomic E-state index is 1.32. The van der Waals surface area contributed by atoms with Gasteiger partial charge in [-0.1, -0.05) is 66.7 Å². The molecule has 0 aromatic heterocycles. The van der Waals surface area contributed by atoms with Gasteiger partial charge in [0.2, 0.25) is 0 Å². The molecule has 1 heterocycles. The molecule has 5 N–H and O–H groups in total. The molecule has 6 rings (SSSR count). The molecular formula is C26H22O7. The number of carbonyl (C=O) groups is 1. The Bertz CT molecular complexity index is 1450. The molecule has 5 atom stereocenters. The third-order valence-electron chi connectivity index (χ3n) is 6.20. The molecule has 1 fully saturated rings. The van der Waals surface area contributed by atoms with Crippen LogP contribution in [0.1, 0.15) is 0 Å². The zero-order chi connectivity index (χ0) is 23.3. The molecule has 7 heteroatoms. The molecule has 1 saturated heterocycles. The van der Waals surface area contributed by atoms with Crippen molar-refractivity contribution in [3.05, 3.63) is 72.8 Å². The zero-order valence-corrected chi connectivity index (χ0v) is 17.4. The van der Waals surface area contributed by atoms with Gasteiger partial charge in [0, 0.05) is 0 Å². The average molecular weight is 446 g/mol. The number of carboxylic acids is 1. The number of ether oxygens (including phenoxy) is 1. The molecular weight excluding hydrogens is 424 g/mol. The maximum absolute atomic E-state index is 10.4. The van der Waals surface area contributed by atoms with Gasteiger partial charge in [-0.15, -0.1) is 0 Å². The van der Waals surface area contributed by atoms with E-state index < -0.39 is 36.7 Å². The first-order chi connectivity index (χ1) is 15.9. The number of hydrogen-bond donors (Lipinski definition) is 5. The largest absolute Gasteiger partial charge is 0.479 e. The lowest BCUT2D eigenvalue weighted by Gasteiger charge is -2.36. The highest BCUT2D eigenvalue weighted by Crippen LogP contribution is 2.38. The van der Waals surface area contributed by atoms with Gasteiger partial charge >= 0.3 is 5.97 Å². The molecule has 1 aliphatic heterocycles. The number of aliphatic hydroxyl groups excluding tert-OH is 4. The molecule has 0 amide bonds. The van der Waals surface area contributed by atoms with Crippen LogP contribution in [0.4, 0.5) is 0 Å². The van der Waals surface area contributed by atoms with Crippen LogP contribution in [0.5, 0.6) is 0 Å². The van der Waals surface area contributed by atoms with Crippen molar-refractivity contribution < 1.29 is 35.1 Å². The fraction of sp³-hybridized carbons (Fsp3) is 0.192. The van der Waals surface area contributed by atoms with Crippen LogP contribution >= 0.6 is 0 Å². The Morgan fingerprint density at radius 2 is 1.27 bits per heavy atom. The standard InChI is InChI=1S/C20H12.C6H10O7/c1-2-7-17-15(4-1)12-16-9-8-13-5-3-6-14-10-11-18(17)20(16)19(13)14;7-1-2(8)4(5(10)11)13-6(12)3(1)9/h1-12H;1-4,6-9,12H,(H,10,11)/t;1-,2-,3+,4-,6?/m.0/s1. The molecule has 1 unspecified atom stereocenters. The monoisotopic (exact) mass is 446 g/mol. The topological polar surface area (TPSA) is 127 Å². The van der Waals surface area contributed by atoms with Crippen LogP contribution in [0, 0.1) is 0 Å². The molecule has 1 aliphatic rings. The fourth-order valence-electron chi connectivity index (χ4n) is 4.55. The summed E-state index contributed by atoms with van der Waals surface area (Å²) in [6.45, 7) is 0. The van der Waals surface area contributed by atoms with Gasteiger partial charge in [0.1, 0.15) is 18.3 Å². The van der Waals surface area contributed by atoms with Gasteiger partial charge in [-0.05, 0) is 49.2 Å². The first-order valence-electron chi connectivity index (χ1n) is 10.5. The van der Waals surface area contributed by atoms with E-state index in [0.717, 1.165) is 0 Å². The Balaban J connectivity index is 0.000000154. The van der Waals surface area contributed by atoms with E-state index in [1.165, 1.54) is 43.1 Å². The number of benzene rings is 5. The van der Waals surface area contributed by atoms with Crippen molar-refractivity contribution in [3.8, 4) is 0 Å². The smallest absolute Gasteiger partial charge is 0.335 e. The number of rotatable bonds is 1. The molecule has 0 saturated carbocycles. The summed E-state index contributed by atoms with van der Waals surface area (Å²) in [6, 6.07) is 26.5. The van der Waals surface area contributed by atoms with Crippen molar-refractivity contribution >= 4 is 49.1 Å². The SMILES string of the molecule is O=C(O)[C@H]1OC(O)[C@H](O)[C@@H](O)[C@@H]1O.c1ccc2c(c1)cc1ccc3cccc4ccc2c1c34. The van der Waals surface area contributed by atoms with Crippen LogP contribution in [0.2, 0.25) is 0 Å². The van der Waals surface area contributed by atoms with Crippen molar-refractivity contribution in [1.82, 2.24) is 0 Å². The van der Waals surface area contributed by atoms with Crippen molar-refractivity contribution in [2.45, 2.75) is 30.7 Å². The van der Waals surface area contributed by atoms with Crippen LogP contribution in [-0.4, -0.2) is 62.2 Å². The molecule has 0 bridgehead atoms. The van der Waals surface area contributed by atoms with Gasteiger partial charge in [-0.25, -0.2) is 4.79 Å². The number of fused-ring (bicyclic) bond motifs is 2. The highest BCUT2D eigenvalue weighted by Gasteiger charge is 2.46. The normalized spacial score (nSPS) is 25.4. The molecule has 7 nitrogen and oxygen atoms in total. The summed E-state index contributed by atoms with van der Waals surface area (Å²) in [7, 11) is 0. The van der Waals surface area contributed by atoms with E-state index in [9.17, 15) is 4.79 Å². The molecule has 0 radical (unpaired) electrons. The maximum atomic E-state index is 10.4. The van der Waals surface area contributed by atoms with Crippen LogP contribution in [0.15, 0.2) is 72.8 Å². The summed E-state index contributed by atoms with van der Waals surface area (Å²) in [5, 5.41) is 55.2. The third kappa shape index (κ3) is 3.56. The predicted molar refractivity (Wildman–Crippen MR) is 124 cm³/mol. The van der Waals surface area contributed by atoms with Crippen LogP contribution in [-0.2, 0) is 9.53 Å². The zero-order valence-electron chi connectivity index (χ0n) is 17.4. The third-order valence-corrected chi connectivity index (χ3v) is 6.20. The Kier molecular flexibility index (Phi) is 5.36. The average Bonchev–Trinajstić information content (AvgIpc) is 2.83. The van der Waals surface area contributed by atoms with Crippen LogP contribution in [0.25, 0.3) is 43.1 Å². The molecule has 168 valence electrons. The lowest BCUT2D eigenvalue weighted by atomic mass is 9.91. The van der Waals surface area contributed by atoms with Crippen molar-refractivity contribution in [2.75, 3.05) is 0 Å². The molecule has 33 heavy (non-hydrogen) atoms. The lowest BCUT2D eigenvalue weighted by molar-refractivity contribution is -0.279. The Hall–Kier alpha value is -3.33. The van der Waals surface area contributed by atoms with Crippen molar-refractivity contribution in [2.24, 2.45) is 0 Å². The van der Waals surface area contributed by atoms with E-state index in [2.05, 4.69) is 77.5 Å². The Morgan fingerprint density at radius 1 is 0.636 bits per heavy atom. The van der Waals surface area contributed by atoms with E-state index in [1.54, 1.807) is 0 Å². The fourth-order valence-corrected chi connectivity index (χ4v) is 4.55. The van der Waals surface area contributed by atoms with Gasteiger partial charge in [0.05, 0.1) is 0 Å². The second-order valence-corrected chi connectivity index (χ2v) is 8.21. The minimum Gasteiger partial charge on any atom is -0.479 e. The van der Waals surface area contributed by atoms with E-state index in [-0.39, 0.29) is 0 Å². The maximum Gasteiger partial charge on any atom is 0.335 e. The van der Waals surface area contributed by atoms with Crippen molar-refractivity contribution in [3.63, 3.8) is 0 Å². The number of hydrogen-bond acceptors (Lipinski definition) is 6. The second kappa shape index (κ2) is 8.22. The minimum atomic E-state index is -1.81. The quantitative estimate of drug-likeness (QED) is 0.198. The number of aliphatic carboxylic acids is 1. The summed E-state index contributed by atoms with van der Waals surface area (Å²) in [5.74, 6) is -1.52. The lowest BCUT2D eigenvalue weighted by Crippen LogP contribution is -2.59. The predicted octanol–water partition coefficient (Wildman–Crippen LogP) is 2.61. The van der Waals surface area contributed by atoms with Gasteiger partial charge < -0.3 is 30.3 Å². The molecule has 5 aromatic rings. The summed E-state index contributed by atoms with van der Waals surface area (Å²) >= 11 is 0. The van der Waals surface area contributed by atoms with Gasteiger partial charge in [0.25, 0.3) is 0 Å². The van der Waals surface area contributed by atoms with Crippen LogP contribution < -0.4 is 0 Å². The second-order valence-electron chi connectivity index (χ2n) is 8.21. The number of aliphatic hydroxyl groups is 4. The van der Waals surface area contributed by atoms with E-state index >= 15 is 0 Å².